The van der Waals surface area contributed by atoms with Crippen LogP contribution in [0.2, 0.25) is 0 Å². The van der Waals surface area contributed by atoms with Crippen LogP contribution in [0.1, 0.15) is 25.0 Å². The number of hydrogen-bond acceptors (Lipinski definition) is 5. The molecule has 3 aromatic rings. The van der Waals surface area contributed by atoms with Crippen LogP contribution in [0, 0.1) is 0 Å². The number of carbonyl (C=O) groups excluding carboxylic acids is 1. The summed E-state index contributed by atoms with van der Waals surface area (Å²) in [5.41, 5.74) is 4.21. The first kappa shape index (κ1) is 22.6. The van der Waals surface area contributed by atoms with Crippen molar-refractivity contribution in [3.05, 3.63) is 78.1 Å². The molecule has 2 aromatic carbocycles. The molecule has 3 heterocycles. The van der Waals surface area contributed by atoms with Gasteiger partial charge in [0.25, 0.3) is 0 Å². The third-order valence-electron chi connectivity index (χ3n) is 7.38. The van der Waals surface area contributed by atoms with E-state index in [0.29, 0.717) is 19.1 Å². The predicted octanol–water partition coefficient (Wildman–Crippen LogP) is 2.94. The van der Waals surface area contributed by atoms with E-state index >= 15 is 0 Å². The Bertz CT molecular complexity index is 1130. The van der Waals surface area contributed by atoms with E-state index in [4.69, 9.17) is 0 Å². The summed E-state index contributed by atoms with van der Waals surface area (Å²) < 4.78 is 1.95. The number of piperazine rings is 1. The number of amides is 1. The van der Waals surface area contributed by atoms with E-state index in [0.717, 1.165) is 31.0 Å². The molecule has 3 atom stereocenters. The molecular weight excluding hydrogens is 424 g/mol. The first-order valence-corrected chi connectivity index (χ1v) is 12.1. The smallest absolute Gasteiger partial charge is 0.241 e. The summed E-state index contributed by atoms with van der Waals surface area (Å²) in [6, 6.07) is 19.4. The Morgan fingerprint density at radius 2 is 2.03 bits per heavy atom. The molecule has 1 saturated heterocycles. The van der Waals surface area contributed by atoms with Crippen LogP contribution < -0.4 is 15.5 Å². The molecule has 7 heteroatoms. The third kappa shape index (κ3) is 4.21. The van der Waals surface area contributed by atoms with Crippen molar-refractivity contribution >= 4 is 17.3 Å². The van der Waals surface area contributed by atoms with E-state index in [-0.39, 0.29) is 17.4 Å². The van der Waals surface area contributed by atoms with Gasteiger partial charge < -0.3 is 15.5 Å². The lowest BCUT2D eigenvalue weighted by molar-refractivity contribution is -0.120. The standard InChI is InChI=1S/C27H34N6O/c1-20-16-31(23(15-29-20)17-32-13-7-12-30-32)18-26(34)33-19-27(2,21-8-5-4-6-9-21)24-11-10-22(28-3)14-25(24)33/h4-14,20,23,28-29H,15-19H2,1-3H3/t20-,23-,27-/m1/s1. The number of nitrogens with one attached hydrogen (secondary N) is 2. The van der Waals surface area contributed by atoms with E-state index in [1.165, 1.54) is 11.1 Å². The van der Waals surface area contributed by atoms with Crippen molar-refractivity contribution in [3.8, 4) is 0 Å². The summed E-state index contributed by atoms with van der Waals surface area (Å²) in [6.45, 7) is 7.92. The SMILES string of the molecule is CNc1ccc2c(c1)N(C(=O)CN1C[C@@H](C)NC[C@@H]1Cn1cccn1)C[C@]2(C)c1ccccc1. The number of rotatable bonds is 6. The molecule has 5 rings (SSSR count). The Kier molecular flexibility index (Phi) is 6.15. The number of nitrogens with zero attached hydrogens (tertiary/aromatic N) is 4. The van der Waals surface area contributed by atoms with Crippen LogP contribution in [0.15, 0.2) is 67.0 Å². The van der Waals surface area contributed by atoms with Crippen molar-refractivity contribution in [3.63, 3.8) is 0 Å². The van der Waals surface area contributed by atoms with Crippen LogP contribution in [0.3, 0.4) is 0 Å². The first-order chi connectivity index (χ1) is 16.5. The molecule has 2 aliphatic heterocycles. The molecular formula is C27H34N6O. The molecule has 0 radical (unpaired) electrons. The van der Waals surface area contributed by atoms with Crippen LogP contribution >= 0.6 is 0 Å². The normalized spacial score (nSPS) is 24.7. The Morgan fingerprint density at radius 1 is 1.21 bits per heavy atom. The van der Waals surface area contributed by atoms with Crippen LogP contribution in [0.4, 0.5) is 11.4 Å². The molecule has 178 valence electrons. The Morgan fingerprint density at radius 3 is 2.76 bits per heavy atom. The zero-order valence-electron chi connectivity index (χ0n) is 20.2. The van der Waals surface area contributed by atoms with Crippen molar-refractivity contribution in [2.45, 2.75) is 37.9 Å². The second-order valence-corrected chi connectivity index (χ2v) is 9.78. The lowest BCUT2D eigenvalue weighted by Gasteiger charge is -2.39. The largest absolute Gasteiger partial charge is 0.388 e. The molecule has 0 unspecified atom stereocenters. The van der Waals surface area contributed by atoms with Crippen molar-refractivity contribution < 1.29 is 4.79 Å². The molecule has 7 nitrogen and oxygen atoms in total. The van der Waals surface area contributed by atoms with Gasteiger partial charge in [0.15, 0.2) is 0 Å². The molecule has 1 aromatic heterocycles. The quantitative estimate of drug-likeness (QED) is 0.595. The Hall–Kier alpha value is -3.16. The second-order valence-electron chi connectivity index (χ2n) is 9.78. The van der Waals surface area contributed by atoms with Crippen LogP contribution in [0.25, 0.3) is 0 Å². The van der Waals surface area contributed by atoms with E-state index in [2.05, 4.69) is 76.9 Å². The van der Waals surface area contributed by atoms with Gasteiger partial charge in [-0.3, -0.25) is 14.4 Å². The molecule has 0 bridgehead atoms. The van der Waals surface area contributed by atoms with Crippen LogP contribution in [-0.4, -0.2) is 65.9 Å². The zero-order chi connectivity index (χ0) is 23.7. The summed E-state index contributed by atoms with van der Waals surface area (Å²) in [4.78, 5) is 18.2. The minimum Gasteiger partial charge on any atom is -0.388 e. The average molecular weight is 459 g/mol. The highest BCUT2D eigenvalue weighted by Gasteiger charge is 2.43. The van der Waals surface area contributed by atoms with Crippen LogP contribution in [0.5, 0.6) is 0 Å². The number of hydrogen-bond donors (Lipinski definition) is 2. The topological polar surface area (TPSA) is 65.4 Å². The maximum atomic E-state index is 13.9. The zero-order valence-corrected chi connectivity index (χ0v) is 20.2. The number of carbonyl (C=O) groups is 1. The molecule has 1 amide bonds. The summed E-state index contributed by atoms with van der Waals surface area (Å²) in [6.07, 6.45) is 3.79. The van der Waals surface area contributed by atoms with E-state index in [1.54, 1.807) is 6.20 Å². The average Bonchev–Trinajstić information content (AvgIpc) is 3.47. The van der Waals surface area contributed by atoms with Crippen molar-refractivity contribution in [2.24, 2.45) is 0 Å². The molecule has 2 N–H and O–H groups in total. The molecule has 1 fully saturated rings. The highest BCUT2D eigenvalue weighted by atomic mass is 16.2. The monoisotopic (exact) mass is 458 g/mol. The van der Waals surface area contributed by atoms with Crippen molar-refractivity contribution in [1.82, 2.24) is 20.0 Å². The van der Waals surface area contributed by atoms with Gasteiger partial charge in [-0.1, -0.05) is 36.4 Å². The fourth-order valence-electron chi connectivity index (χ4n) is 5.43. The maximum absolute atomic E-state index is 13.9. The van der Waals surface area contributed by atoms with Gasteiger partial charge in [-0.25, -0.2) is 0 Å². The fraction of sp³-hybridized carbons (Fsp3) is 0.407. The van der Waals surface area contributed by atoms with Crippen molar-refractivity contribution in [1.29, 1.82) is 0 Å². The molecule has 0 spiro atoms. The van der Waals surface area contributed by atoms with Gasteiger partial charge in [-0.05, 0) is 43.2 Å². The first-order valence-electron chi connectivity index (χ1n) is 12.1. The predicted molar refractivity (Wildman–Crippen MR) is 136 cm³/mol. The lowest BCUT2D eigenvalue weighted by Crippen LogP contribution is -2.59. The van der Waals surface area contributed by atoms with Gasteiger partial charge in [0, 0.05) is 67.9 Å². The highest BCUT2D eigenvalue weighted by molar-refractivity contribution is 5.98. The van der Waals surface area contributed by atoms with Gasteiger partial charge in [0.2, 0.25) is 5.91 Å². The fourth-order valence-corrected chi connectivity index (χ4v) is 5.43. The number of aromatic nitrogens is 2. The van der Waals surface area contributed by atoms with Gasteiger partial charge in [0.05, 0.1) is 13.1 Å². The van der Waals surface area contributed by atoms with E-state index in [1.807, 2.05) is 35.0 Å². The minimum atomic E-state index is -0.246. The Balaban J connectivity index is 1.43. The minimum absolute atomic E-state index is 0.147. The number of anilines is 2. The van der Waals surface area contributed by atoms with Crippen LogP contribution in [-0.2, 0) is 16.8 Å². The number of benzene rings is 2. The molecule has 34 heavy (non-hydrogen) atoms. The van der Waals surface area contributed by atoms with E-state index in [9.17, 15) is 4.79 Å². The maximum Gasteiger partial charge on any atom is 0.241 e. The van der Waals surface area contributed by atoms with Gasteiger partial charge in [-0.15, -0.1) is 0 Å². The highest BCUT2D eigenvalue weighted by Crippen LogP contribution is 2.46. The van der Waals surface area contributed by atoms with Gasteiger partial charge >= 0.3 is 0 Å². The van der Waals surface area contributed by atoms with Gasteiger partial charge in [0.1, 0.15) is 0 Å². The number of fused-ring (bicyclic) bond motifs is 1. The summed E-state index contributed by atoms with van der Waals surface area (Å²) in [5, 5.41) is 11.2. The molecule has 2 aliphatic rings. The molecule has 0 saturated carbocycles. The third-order valence-corrected chi connectivity index (χ3v) is 7.38. The second kappa shape index (κ2) is 9.24. The van der Waals surface area contributed by atoms with Crippen molar-refractivity contribution in [2.75, 3.05) is 43.4 Å². The van der Waals surface area contributed by atoms with Gasteiger partial charge in [-0.2, -0.15) is 5.10 Å². The summed E-state index contributed by atoms with van der Waals surface area (Å²) in [7, 11) is 1.92. The lowest BCUT2D eigenvalue weighted by atomic mass is 9.78. The van der Waals surface area contributed by atoms with E-state index < -0.39 is 0 Å². The Labute approximate surface area is 201 Å². The summed E-state index contributed by atoms with van der Waals surface area (Å²) in [5.74, 6) is 0.147. The summed E-state index contributed by atoms with van der Waals surface area (Å²) >= 11 is 0. The molecule has 0 aliphatic carbocycles.